The van der Waals surface area contributed by atoms with E-state index >= 15 is 0 Å². The highest BCUT2D eigenvalue weighted by Crippen LogP contribution is 2.18. The highest BCUT2D eigenvalue weighted by molar-refractivity contribution is 5.76. The first-order chi connectivity index (χ1) is 33.0. The van der Waals surface area contributed by atoms with Crippen LogP contribution in [0.25, 0.3) is 0 Å². The van der Waals surface area contributed by atoms with E-state index in [-0.39, 0.29) is 18.9 Å². The lowest BCUT2D eigenvalue weighted by atomic mass is 10.0. The summed E-state index contributed by atoms with van der Waals surface area (Å²) in [6.45, 7) is 4.25. The van der Waals surface area contributed by atoms with Crippen LogP contribution < -0.4 is 5.32 Å². The standard InChI is InChI=1S/C62H121NO4/c1-3-5-7-9-11-13-15-17-19-21-23-25-27-28-29-30-31-32-33-34-35-37-39-41-43-45-47-49-51-53-55-59(65)57-62(67)63-60(58-64)61(66)56-54-52-50-48-46-44-42-40-38-36-26-24-22-20-18-16-14-12-10-8-6-4-2/h46,48,54,56,59-61,64-66H,3-45,47,49-53,55,57-58H2,1-2H3,(H,63,67)/b48-46+,56-54+. The molecule has 0 saturated carbocycles. The monoisotopic (exact) mass is 944 g/mol. The van der Waals surface area contributed by atoms with Crippen molar-refractivity contribution in [3.05, 3.63) is 24.3 Å². The maximum atomic E-state index is 12.5. The zero-order valence-corrected chi connectivity index (χ0v) is 45.6. The highest BCUT2D eigenvalue weighted by Gasteiger charge is 2.20. The second-order valence-corrected chi connectivity index (χ2v) is 21.3. The second-order valence-electron chi connectivity index (χ2n) is 21.3. The molecule has 0 aromatic carbocycles. The quantitative estimate of drug-likeness (QED) is 0.0361. The van der Waals surface area contributed by atoms with E-state index in [4.69, 9.17) is 0 Å². The van der Waals surface area contributed by atoms with Crippen molar-refractivity contribution < 1.29 is 20.1 Å². The maximum Gasteiger partial charge on any atom is 0.222 e. The Morgan fingerprint density at radius 2 is 0.642 bits per heavy atom. The van der Waals surface area contributed by atoms with Gasteiger partial charge in [-0.1, -0.05) is 327 Å². The Hall–Kier alpha value is -1.17. The van der Waals surface area contributed by atoms with Crippen LogP contribution in [-0.2, 0) is 4.79 Å². The van der Waals surface area contributed by atoms with E-state index < -0.39 is 18.2 Å². The second kappa shape index (κ2) is 57.4. The minimum Gasteiger partial charge on any atom is -0.394 e. The molecule has 0 radical (unpaired) electrons. The number of hydrogen-bond donors (Lipinski definition) is 4. The first kappa shape index (κ1) is 65.8. The lowest BCUT2D eigenvalue weighted by Gasteiger charge is -2.21. The van der Waals surface area contributed by atoms with Gasteiger partial charge in [-0.05, 0) is 32.1 Å². The average Bonchev–Trinajstić information content (AvgIpc) is 3.32. The molecule has 4 N–H and O–H groups in total. The van der Waals surface area contributed by atoms with Gasteiger partial charge in [-0.2, -0.15) is 0 Å². The van der Waals surface area contributed by atoms with Crippen LogP contribution in [-0.4, -0.2) is 46.1 Å². The molecule has 0 aliphatic carbocycles. The van der Waals surface area contributed by atoms with Gasteiger partial charge in [0.05, 0.1) is 31.3 Å². The van der Waals surface area contributed by atoms with E-state index in [1.165, 1.54) is 283 Å². The summed E-state index contributed by atoms with van der Waals surface area (Å²) in [6, 6.07) is -0.760. The topological polar surface area (TPSA) is 89.8 Å². The molecule has 0 aliphatic heterocycles. The van der Waals surface area contributed by atoms with Gasteiger partial charge in [0.25, 0.3) is 0 Å². The van der Waals surface area contributed by atoms with Gasteiger partial charge in [0.1, 0.15) is 0 Å². The molecule has 0 fully saturated rings. The normalized spacial score (nSPS) is 13.3. The fourth-order valence-corrected chi connectivity index (χ4v) is 9.83. The van der Waals surface area contributed by atoms with E-state index in [1.807, 2.05) is 6.08 Å². The summed E-state index contributed by atoms with van der Waals surface area (Å²) in [4.78, 5) is 12.5. The number of nitrogens with one attached hydrogen (secondary N) is 1. The molecule has 0 rings (SSSR count). The molecular formula is C62H121NO4. The van der Waals surface area contributed by atoms with Crippen LogP contribution >= 0.6 is 0 Å². The van der Waals surface area contributed by atoms with Crippen molar-refractivity contribution in [1.82, 2.24) is 5.32 Å². The third-order valence-corrected chi connectivity index (χ3v) is 14.5. The molecule has 0 aromatic heterocycles. The van der Waals surface area contributed by atoms with Crippen LogP contribution in [0.5, 0.6) is 0 Å². The Morgan fingerprint density at radius 3 is 0.955 bits per heavy atom. The molecule has 0 bridgehead atoms. The van der Waals surface area contributed by atoms with Gasteiger partial charge >= 0.3 is 0 Å². The van der Waals surface area contributed by atoms with Gasteiger partial charge in [0.2, 0.25) is 5.91 Å². The van der Waals surface area contributed by atoms with Crippen LogP contribution in [0.2, 0.25) is 0 Å². The number of rotatable bonds is 57. The Morgan fingerprint density at radius 1 is 0.373 bits per heavy atom. The summed E-state index contributed by atoms with van der Waals surface area (Å²) < 4.78 is 0. The Bertz CT molecular complexity index is 998. The third kappa shape index (κ3) is 54.0. The smallest absolute Gasteiger partial charge is 0.222 e. The number of amides is 1. The molecule has 0 aliphatic rings. The Kier molecular flexibility index (Phi) is 56.4. The third-order valence-electron chi connectivity index (χ3n) is 14.5. The van der Waals surface area contributed by atoms with Gasteiger partial charge in [-0.3, -0.25) is 4.79 Å². The Balaban J connectivity index is 3.53. The van der Waals surface area contributed by atoms with Gasteiger partial charge in [-0.15, -0.1) is 0 Å². The van der Waals surface area contributed by atoms with Crippen molar-refractivity contribution in [3.8, 4) is 0 Å². The number of aliphatic hydroxyl groups is 3. The highest BCUT2D eigenvalue weighted by atomic mass is 16.3. The molecule has 1 amide bonds. The summed E-state index contributed by atoms with van der Waals surface area (Å²) in [5, 5.41) is 33.5. The Labute approximate surface area is 420 Å². The molecule has 5 nitrogen and oxygen atoms in total. The average molecular weight is 945 g/mol. The number of allylic oxidation sites excluding steroid dienone is 3. The van der Waals surface area contributed by atoms with Crippen molar-refractivity contribution in [2.75, 3.05) is 6.61 Å². The molecular weight excluding hydrogens is 823 g/mol. The van der Waals surface area contributed by atoms with E-state index in [2.05, 4.69) is 31.3 Å². The summed E-state index contributed by atoms with van der Waals surface area (Å²) in [5.74, 6) is -0.318. The lowest BCUT2D eigenvalue weighted by molar-refractivity contribution is -0.124. The van der Waals surface area contributed by atoms with Gasteiger partial charge in [0, 0.05) is 0 Å². The van der Waals surface area contributed by atoms with E-state index in [0.717, 1.165) is 32.1 Å². The number of unbranched alkanes of at least 4 members (excludes halogenated alkanes) is 46. The zero-order valence-electron chi connectivity index (χ0n) is 45.6. The minimum absolute atomic E-state index is 0.0106. The number of carbonyl (C=O) groups is 1. The number of hydrogen-bond acceptors (Lipinski definition) is 4. The van der Waals surface area contributed by atoms with Crippen molar-refractivity contribution >= 4 is 5.91 Å². The molecule has 3 unspecified atom stereocenters. The molecule has 67 heavy (non-hydrogen) atoms. The largest absolute Gasteiger partial charge is 0.394 e. The molecule has 0 aromatic rings. The summed E-state index contributed by atoms with van der Waals surface area (Å²) in [6.07, 6.45) is 74.0. The fourth-order valence-electron chi connectivity index (χ4n) is 9.83. The molecule has 3 atom stereocenters. The SMILES string of the molecule is CCCCCCCCCCCCCCCCCC/C=C/CC/C=C/C(O)C(CO)NC(=O)CC(O)CCCCCCCCCCCCCCCCCCCCCCCCCCCCCCCC. The van der Waals surface area contributed by atoms with Crippen LogP contribution in [0.15, 0.2) is 24.3 Å². The molecule has 398 valence electrons. The van der Waals surface area contributed by atoms with Gasteiger partial charge in [0.15, 0.2) is 0 Å². The van der Waals surface area contributed by atoms with E-state index in [1.54, 1.807) is 6.08 Å². The van der Waals surface area contributed by atoms with Crippen molar-refractivity contribution in [1.29, 1.82) is 0 Å². The predicted octanol–water partition coefficient (Wildman–Crippen LogP) is 19.2. The predicted molar refractivity (Wildman–Crippen MR) is 296 cm³/mol. The van der Waals surface area contributed by atoms with Crippen LogP contribution in [0.4, 0.5) is 0 Å². The van der Waals surface area contributed by atoms with E-state index in [0.29, 0.717) is 6.42 Å². The minimum atomic E-state index is -0.951. The van der Waals surface area contributed by atoms with Crippen molar-refractivity contribution in [3.63, 3.8) is 0 Å². The van der Waals surface area contributed by atoms with Crippen LogP contribution in [0.1, 0.15) is 341 Å². The molecule has 0 saturated heterocycles. The zero-order chi connectivity index (χ0) is 48.6. The number of carbonyl (C=O) groups excluding carboxylic acids is 1. The molecule has 0 spiro atoms. The summed E-state index contributed by atoms with van der Waals surface area (Å²) >= 11 is 0. The maximum absolute atomic E-state index is 12.5. The first-order valence-electron chi connectivity index (χ1n) is 30.6. The van der Waals surface area contributed by atoms with Gasteiger partial charge < -0.3 is 20.6 Å². The lowest BCUT2D eigenvalue weighted by Crippen LogP contribution is -2.45. The number of aliphatic hydroxyl groups excluding tert-OH is 3. The fraction of sp³-hybridized carbons (Fsp3) is 0.919. The summed E-state index contributed by atoms with van der Waals surface area (Å²) in [5.41, 5.74) is 0. The van der Waals surface area contributed by atoms with Gasteiger partial charge in [-0.25, -0.2) is 0 Å². The van der Waals surface area contributed by atoms with Crippen molar-refractivity contribution in [2.45, 2.75) is 360 Å². The molecule has 0 heterocycles. The first-order valence-corrected chi connectivity index (χ1v) is 30.6. The van der Waals surface area contributed by atoms with E-state index in [9.17, 15) is 20.1 Å². The van der Waals surface area contributed by atoms with Crippen LogP contribution in [0, 0.1) is 0 Å². The molecule has 5 heteroatoms. The summed E-state index contributed by atoms with van der Waals surface area (Å²) in [7, 11) is 0. The van der Waals surface area contributed by atoms with Crippen LogP contribution in [0.3, 0.4) is 0 Å². The van der Waals surface area contributed by atoms with Crippen molar-refractivity contribution in [2.24, 2.45) is 0 Å².